The average Bonchev–Trinajstić information content (AvgIpc) is 3.43. The van der Waals surface area contributed by atoms with Gasteiger partial charge in [-0.05, 0) is 36.4 Å². The van der Waals surface area contributed by atoms with Crippen molar-refractivity contribution in [1.82, 2.24) is 14.5 Å². The van der Waals surface area contributed by atoms with Gasteiger partial charge in [0.2, 0.25) is 5.91 Å². The predicted octanol–water partition coefficient (Wildman–Crippen LogP) is 5.91. The van der Waals surface area contributed by atoms with Crippen LogP contribution in [0.15, 0.2) is 89.6 Å². The van der Waals surface area contributed by atoms with E-state index < -0.39 is 0 Å². The highest BCUT2D eigenvalue weighted by atomic mass is 35.5. The number of nitrogens with one attached hydrogen (secondary N) is 1. The molecule has 0 aliphatic carbocycles. The first-order valence-electron chi connectivity index (χ1n) is 10.2. The molecule has 7 heteroatoms. The molecule has 32 heavy (non-hydrogen) atoms. The van der Waals surface area contributed by atoms with Gasteiger partial charge in [0.05, 0.1) is 11.0 Å². The van der Waals surface area contributed by atoms with Crippen molar-refractivity contribution < 1.29 is 9.21 Å². The van der Waals surface area contributed by atoms with E-state index in [2.05, 4.69) is 10.3 Å². The zero-order chi connectivity index (χ0) is 21.9. The second-order valence-electron chi connectivity index (χ2n) is 7.29. The van der Waals surface area contributed by atoms with Crippen LogP contribution in [0.25, 0.3) is 28.3 Å². The number of oxazole rings is 1. The van der Waals surface area contributed by atoms with Gasteiger partial charge >= 0.3 is 6.01 Å². The van der Waals surface area contributed by atoms with E-state index in [1.807, 2.05) is 83.4 Å². The number of aromatic nitrogens is 3. The molecule has 158 valence electrons. The highest BCUT2D eigenvalue weighted by molar-refractivity contribution is 6.30. The lowest BCUT2D eigenvalue weighted by atomic mass is 10.1. The summed E-state index contributed by atoms with van der Waals surface area (Å²) < 4.78 is 7.96. The Labute approximate surface area is 189 Å². The number of fused-ring (bicyclic) bond motifs is 1. The summed E-state index contributed by atoms with van der Waals surface area (Å²) in [6.07, 6.45) is 2.35. The van der Waals surface area contributed by atoms with Gasteiger partial charge in [-0.3, -0.25) is 9.36 Å². The Kier molecular flexibility index (Phi) is 5.44. The summed E-state index contributed by atoms with van der Waals surface area (Å²) in [4.78, 5) is 21.6. The SMILES string of the molecule is O=C(CCc1oc(-n2cnc3ccccc32)nc1-c1ccc(Cl)cc1)Nc1ccccc1. The molecule has 1 N–H and O–H groups in total. The summed E-state index contributed by atoms with van der Waals surface area (Å²) >= 11 is 6.06. The maximum absolute atomic E-state index is 12.5. The number of aryl methyl sites for hydroxylation is 1. The minimum absolute atomic E-state index is 0.0933. The van der Waals surface area contributed by atoms with Crippen molar-refractivity contribution in [2.45, 2.75) is 12.8 Å². The number of rotatable bonds is 6. The van der Waals surface area contributed by atoms with Gasteiger partial charge in [-0.1, -0.05) is 54.1 Å². The molecule has 0 aliphatic heterocycles. The Hall–Kier alpha value is -3.90. The molecule has 0 saturated heterocycles. The predicted molar refractivity (Wildman–Crippen MR) is 125 cm³/mol. The molecule has 0 aliphatic rings. The number of halogens is 1. The minimum atomic E-state index is -0.0933. The van der Waals surface area contributed by atoms with Crippen molar-refractivity contribution in [1.29, 1.82) is 0 Å². The summed E-state index contributed by atoms with van der Waals surface area (Å²) in [5.41, 5.74) is 4.06. The number of benzene rings is 3. The van der Waals surface area contributed by atoms with Gasteiger partial charge < -0.3 is 9.73 Å². The minimum Gasteiger partial charge on any atom is -0.427 e. The number of amides is 1. The molecule has 0 bridgehead atoms. The zero-order valence-corrected chi connectivity index (χ0v) is 17.8. The third kappa shape index (κ3) is 4.13. The lowest BCUT2D eigenvalue weighted by Crippen LogP contribution is -2.12. The molecule has 0 unspecified atom stereocenters. The Morgan fingerprint density at radius 1 is 0.969 bits per heavy atom. The lowest BCUT2D eigenvalue weighted by molar-refractivity contribution is -0.116. The number of imidazole rings is 1. The third-order valence-corrected chi connectivity index (χ3v) is 5.35. The van der Waals surface area contributed by atoms with E-state index in [-0.39, 0.29) is 12.3 Å². The van der Waals surface area contributed by atoms with Gasteiger partial charge in [-0.25, -0.2) is 4.98 Å². The maximum atomic E-state index is 12.5. The van der Waals surface area contributed by atoms with Crippen LogP contribution in [0, 0.1) is 0 Å². The van der Waals surface area contributed by atoms with Gasteiger partial charge in [0.25, 0.3) is 0 Å². The maximum Gasteiger partial charge on any atom is 0.308 e. The van der Waals surface area contributed by atoms with Crippen LogP contribution in [0.1, 0.15) is 12.2 Å². The molecule has 6 nitrogen and oxygen atoms in total. The van der Waals surface area contributed by atoms with Crippen molar-refractivity contribution in [2.24, 2.45) is 0 Å². The van der Waals surface area contributed by atoms with Crippen LogP contribution in [0.2, 0.25) is 5.02 Å². The molecule has 0 spiro atoms. The fraction of sp³-hybridized carbons (Fsp3) is 0.0800. The summed E-state index contributed by atoms with van der Waals surface area (Å²) in [7, 11) is 0. The number of hydrogen-bond acceptors (Lipinski definition) is 4. The molecule has 5 aromatic rings. The zero-order valence-electron chi connectivity index (χ0n) is 17.0. The van der Waals surface area contributed by atoms with Crippen LogP contribution in [-0.4, -0.2) is 20.4 Å². The molecule has 0 radical (unpaired) electrons. The first-order valence-corrected chi connectivity index (χ1v) is 10.6. The van der Waals surface area contributed by atoms with E-state index in [1.54, 1.807) is 6.33 Å². The molecular formula is C25H19ClN4O2. The van der Waals surface area contributed by atoms with E-state index in [0.29, 0.717) is 28.9 Å². The van der Waals surface area contributed by atoms with Crippen molar-refractivity contribution in [3.05, 3.63) is 96.0 Å². The third-order valence-electron chi connectivity index (χ3n) is 5.10. The fourth-order valence-electron chi connectivity index (χ4n) is 3.53. The second-order valence-corrected chi connectivity index (χ2v) is 7.73. The Balaban J connectivity index is 1.46. The monoisotopic (exact) mass is 442 g/mol. The number of hydrogen-bond donors (Lipinski definition) is 1. The standard InChI is InChI=1S/C25H19ClN4O2/c26-18-12-10-17(11-13-18)24-22(14-15-23(31)28-19-6-2-1-3-7-19)32-25(29-24)30-16-27-20-8-4-5-9-21(20)30/h1-13,16H,14-15H2,(H,28,31). The van der Waals surface area contributed by atoms with Gasteiger partial charge in [-0.15, -0.1) is 0 Å². The Bertz CT molecular complexity index is 1370. The number of carbonyl (C=O) groups is 1. The van der Waals surface area contributed by atoms with E-state index in [1.165, 1.54) is 0 Å². The van der Waals surface area contributed by atoms with E-state index in [4.69, 9.17) is 21.0 Å². The van der Waals surface area contributed by atoms with Crippen LogP contribution < -0.4 is 5.32 Å². The summed E-state index contributed by atoms with van der Waals surface area (Å²) in [5, 5.41) is 3.54. The van der Waals surface area contributed by atoms with Crippen molar-refractivity contribution in [3.8, 4) is 17.3 Å². The van der Waals surface area contributed by atoms with Crippen LogP contribution in [0.4, 0.5) is 5.69 Å². The number of anilines is 1. The summed E-state index contributed by atoms with van der Waals surface area (Å²) in [6, 6.07) is 25.0. The topological polar surface area (TPSA) is 73.0 Å². The van der Waals surface area contributed by atoms with Crippen LogP contribution in [-0.2, 0) is 11.2 Å². The molecule has 0 fully saturated rings. The van der Waals surface area contributed by atoms with Gasteiger partial charge in [0.15, 0.2) is 0 Å². The van der Waals surface area contributed by atoms with Crippen LogP contribution in [0.3, 0.4) is 0 Å². The number of para-hydroxylation sites is 3. The average molecular weight is 443 g/mol. The van der Waals surface area contributed by atoms with E-state index >= 15 is 0 Å². The quantitative estimate of drug-likeness (QED) is 0.355. The number of nitrogens with zero attached hydrogens (tertiary/aromatic N) is 3. The second kappa shape index (κ2) is 8.69. The van der Waals surface area contributed by atoms with Gasteiger partial charge in [-0.2, -0.15) is 4.98 Å². The van der Waals surface area contributed by atoms with E-state index in [9.17, 15) is 4.79 Å². The van der Waals surface area contributed by atoms with Gasteiger partial charge in [0.1, 0.15) is 17.8 Å². The molecule has 0 atom stereocenters. The first kappa shape index (κ1) is 20.0. The Morgan fingerprint density at radius 2 is 1.72 bits per heavy atom. The van der Waals surface area contributed by atoms with Gasteiger partial charge in [0, 0.05) is 29.1 Å². The molecule has 0 saturated carbocycles. The van der Waals surface area contributed by atoms with E-state index in [0.717, 1.165) is 22.3 Å². The molecule has 2 heterocycles. The molecule has 3 aromatic carbocycles. The van der Waals surface area contributed by atoms with Crippen molar-refractivity contribution in [2.75, 3.05) is 5.32 Å². The van der Waals surface area contributed by atoms with Crippen molar-refractivity contribution in [3.63, 3.8) is 0 Å². The number of carbonyl (C=O) groups excluding carboxylic acids is 1. The molecule has 1 amide bonds. The largest absolute Gasteiger partial charge is 0.427 e. The fourth-order valence-corrected chi connectivity index (χ4v) is 3.65. The highest BCUT2D eigenvalue weighted by Crippen LogP contribution is 2.29. The normalized spacial score (nSPS) is 11.0. The lowest BCUT2D eigenvalue weighted by Gasteiger charge is -2.05. The summed E-state index contributed by atoms with van der Waals surface area (Å²) in [5.74, 6) is 0.535. The molecule has 5 rings (SSSR count). The highest BCUT2D eigenvalue weighted by Gasteiger charge is 2.19. The Morgan fingerprint density at radius 3 is 2.53 bits per heavy atom. The summed E-state index contributed by atoms with van der Waals surface area (Å²) in [6.45, 7) is 0. The van der Waals surface area contributed by atoms with Crippen LogP contribution in [0.5, 0.6) is 0 Å². The van der Waals surface area contributed by atoms with Crippen molar-refractivity contribution >= 4 is 34.2 Å². The molecule has 2 aromatic heterocycles. The smallest absolute Gasteiger partial charge is 0.308 e. The first-order chi connectivity index (χ1) is 15.7. The molecular weight excluding hydrogens is 424 g/mol. The van der Waals surface area contributed by atoms with Crippen LogP contribution >= 0.6 is 11.6 Å².